The van der Waals surface area contributed by atoms with Crippen LogP contribution >= 0.6 is 22.6 Å². The predicted octanol–water partition coefficient (Wildman–Crippen LogP) is 3.61. The molecule has 0 fully saturated rings. The summed E-state index contributed by atoms with van der Waals surface area (Å²) in [6.45, 7) is 7.59. The van der Waals surface area contributed by atoms with Gasteiger partial charge in [0.05, 0.1) is 6.04 Å². The molecule has 0 saturated heterocycles. The van der Waals surface area contributed by atoms with E-state index in [9.17, 15) is 4.79 Å². The van der Waals surface area contributed by atoms with Crippen molar-refractivity contribution in [1.82, 2.24) is 15.0 Å². The van der Waals surface area contributed by atoms with Crippen molar-refractivity contribution in [2.24, 2.45) is 0 Å². The Morgan fingerprint density at radius 2 is 2.14 bits per heavy atom. The van der Waals surface area contributed by atoms with E-state index < -0.39 is 5.97 Å². The summed E-state index contributed by atoms with van der Waals surface area (Å²) in [5, 5.41) is 8.12. The van der Waals surface area contributed by atoms with Gasteiger partial charge in [0.1, 0.15) is 6.10 Å². The van der Waals surface area contributed by atoms with Gasteiger partial charge in [-0.05, 0) is 41.5 Å². The lowest BCUT2D eigenvalue weighted by Crippen LogP contribution is -2.21. The molecule has 2 atom stereocenters. The smallest absolute Gasteiger partial charge is 0.360 e. The molecular weight excluding hydrogens is 393 g/mol. The van der Waals surface area contributed by atoms with Gasteiger partial charge in [-0.25, -0.2) is 9.48 Å². The van der Waals surface area contributed by atoms with E-state index in [2.05, 4.69) is 16.9 Å². The third-order valence-electron chi connectivity index (χ3n) is 3.42. The van der Waals surface area contributed by atoms with Crippen molar-refractivity contribution in [2.75, 3.05) is 0 Å². The molecule has 0 spiro atoms. The van der Waals surface area contributed by atoms with Crippen LogP contribution in [0, 0.1) is 3.70 Å². The quantitative estimate of drug-likeness (QED) is 0.414. The van der Waals surface area contributed by atoms with E-state index in [0.717, 1.165) is 5.56 Å². The first-order valence-corrected chi connectivity index (χ1v) is 8.15. The zero-order valence-electron chi connectivity index (χ0n) is 12.6. The summed E-state index contributed by atoms with van der Waals surface area (Å²) in [4.78, 5) is 12.4. The van der Waals surface area contributed by atoms with Crippen LogP contribution in [0.1, 0.15) is 42.4 Å². The molecule has 0 N–H and O–H groups in total. The number of esters is 1. The average Bonchev–Trinajstić information content (AvgIpc) is 2.94. The van der Waals surface area contributed by atoms with Crippen LogP contribution in [0.5, 0.6) is 0 Å². The number of carbonyl (C=O) groups is 1. The second-order valence-electron chi connectivity index (χ2n) is 4.85. The SMILES string of the molecule is C=CC(CC)OC(=O)c1c(I)nnn1[C@H](C)c1ccccc1. The van der Waals surface area contributed by atoms with Crippen LogP contribution in [-0.4, -0.2) is 27.1 Å². The van der Waals surface area contributed by atoms with Crippen LogP contribution in [-0.2, 0) is 4.74 Å². The number of ether oxygens (including phenoxy) is 1. The molecule has 2 rings (SSSR count). The number of hydrogen-bond donors (Lipinski definition) is 0. The standard InChI is InChI=1S/C16H18IN3O2/c1-4-13(5-2)22-16(21)14-15(17)18-19-20(14)11(3)12-9-7-6-8-10-12/h4,6-11,13H,1,5H2,2-3H3/t11-,13?/m1/s1. The molecule has 5 nitrogen and oxygen atoms in total. The Bertz CT molecular complexity index is 655. The summed E-state index contributed by atoms with van der Waals surface area (Å²) in [6.07, 6.45) is 2.00. The molecule has 2 aromatic rings. The minimum Gasteiger partial charge on any atom is -0.453 e. The van der Waals surface area contributed by atoms with E-state index in [1.165, 1.54) is 0 Å². The van der Waals surface area contributed by atoms with Gasteiger partial charge in [-0.3, -0.25) is 0 Å². The summed E-state index contributed by atoms with van der Waals surface area (Å²) >= 11 is 2.00. The predicted molar refractivity (Wildman–Crippen MR) is 92.7 cm³/mol. The minimum absolute atomic E-state index is 0.108. The van der Waals surface area contributed by atoms with Crippen LogP contribution in [0.2, 0.25) is 0 Å². The van der Waals surface area contributed by atoms with Crippen molar-refractivity contribution in [3.8, 4) is 0 Å². The Balaban J connectivity index is 2.32. The summed E-state index contributed by atoms with van der Waals surface area (Å²) in [6, 6.07) is 9.74. The lowest BCUT2D eigenvalue weighted by atomic mass is 10.1. The van der Waals surface area contributed by atoms with Gasteiger partial charge in [0.25, 0.3) is 0 Å². The molecule has 0 bridgehead atoms. The van der Waals surface area contributed by atoms with Gasteiger partial charge >= 0.3 is 5.97 Å². The lowest BCUT2D eigenvalue weighted by Gasteiger charge is -2.16. The first-order valence-electron chi connectivity index (χ1n) is 7.07. The van der Waals surface area contributed by atoms with Crippen molar-refractivity contribution in [1.29, 1.82) is 0 Å². The van der Waals surface area contributed by atoms with E-state index in [0.29, 0.717) is 15.8 Å². The molecule has 0 radical (unpaired) electrons. The summed E-state index contributed by atoms with van der Waals surface area (Å²) < 4.78 is 7.58. The normalized spacial score (nSPS) is 13.4. The molecule has 1 unspecified atom stereocenters. The molecule has 1 heterocycles. The molecule has 116 valence electrons. The molecule has 1 aromatic carbocycles. The van der Waals surface area contributed by atoms with Gasteiger partial charge in [0.15, 0.2) is 9.39 Å². The molecule has 6 heteroatoms. The highest BCUT2D eigenvalue weighted by Gasteiger charge is 2.25. The van der Waals surface area contributed by atoms with Crippen molar-refractivity contribution in [3.63, 3.8) is 0 Å². The molecule has 0 aliphatic heterocycles. The van der Waals surface area contributed by atoms with Crippen LogP contribution in [0.15, 0.2) is 43.0 Å². The monoisotopic (exact) mass is 411 g/mol. The maximum atomic E-state index is 12.4. The second-order valence-corrected chi connectivity index (χ2v) is 5.87. The number of carbonyl (C=O) groups excluding carboxylic acids is 1. The third-order valence-corrected chi connectivity index (χ3v) is 4.15. The highest BCUT2D eigenvalue weighted by molar-refractivity contribution is 14.1. The van der Waals surface area contributed by atoms with E-state index in [-0.39, 0.29) is 12.1 Å². The van der Waals surface area contributed by atoms with E-state index in [4.69, 9.17) is 4.74 Å². The Hall–Kier alpha value is -1.70. The van der Waals surface area contributed by atoms with Gasteiger partial charge in [0, 0.05) is 0 Å². The van der Waals surface area contributed by atoms with Crippen molar-refractivity contribution in [2.45, 2.75) is 32.4 Å². The fraction of sp³-hybridized carbons (Fsp3) is 0.312. The number of hydrogen-bond acceptors (Lipinski definition) is 4. The Morgan fingerprint density at radius 1 is 1.45 bits per heavy atom. The summed E-state index contributed by atoms with van der Waals surface area (Å²) in [5.74, 6) is -0.427. The van der Waals surface area contributed by atoms with Gasteiger partial charge in [-0.15, -0.1) is 5.10 Å². The zero-order chi connectivity index (χ0) is 16.1. The van der Waals surface area contributed by atoms with Gasteiger partial charge in [-0.2, -0.15) is 0 Å². The lowest BCUT2D eigenvalue weighted by molar-refractivity contribution is 0.0372. The third kappa shape index (κ3) is 3.55. The number of nitrogens with zero attached hydrogens (tertiary/aromatic N) is 3. The highest BCUT2D eigenvalue weighted by Crippen LogP contribution is 2.22. The van der Waals surface area contributed by atoms with Crippen LogP contribution in [0.3, 0.4) is 0 Å². The van der Waals surface area contributed by atoms with Crippen molar-refractivity contribution >= 4 is 28.6 Å². The number of benzene rings is 1. The zero-order valence-corrected chi connectivity index (χ0v) is 14.7. The Labute approximate surface area is 143 Å². The molecule has 0 amide bonds. The van der Waals surface area contributed by atoms with E-state index >= 15 is 0 Å². The van der Waals surface area contributed by atoms with Gasteiger partial charge in [0.2, 0.25) is 0 Å². The van der Waals surface area contributed by atoms with Gasteiger partial charge in [-0.1, -0.05) is 55.1 Å². The molecule has 22 heavy (non-hydrogen) atoms. The molecule has 0 aliphatic rings. The van der Waals surface area contributed by atoms with Crippen molar-refractivity contribution < 1.29 is 9.53 Å². The highest BCUT2D eigenvalue weighted by atomic mass is 127. The number of rotatable bonds is 6. The van der Waals surface area contributed by atoms with Crippen LogP contribution in [0.25, 0.3) is 0 Å². The Kier molecular flexibility index (Phi) is 5.70. The number of halogens is 1. The Morgan fingerprint density at radius 3 is 2.73 bits per heavy atom. The van der Waals surface area contributed by atoms with Crippen molar-refractivity contribution in [3.05, 3.63) is 57.9 Å². The van der Waals surface area contributed by atoms with E-state index in [1.807, 2.05) is 66.8 Å². The fourth-order valence-corrected chi connectivity index (χ4v) is 2.65. The van der Waals surface area contributed by atoms with Gasteiger partial charge < -0.3 is 4.74 Å². The first kappa shape index (κ1) is 16.7. The van der Waals surface area contributed by atoms with Crippen LogP contribution < -0.4 is 0 Å². The molecule has 0 aliphatic carbocycles. The molecule has 0 saturated carbocycles. The first-order chi connectivity index (χ1) is 10.6. The van der Waals surface area contributed by atoms with E-state index in [1.54, 1.807) is 10.8 Å². The minimum atomic E-state index is -0.427. The van der Waals surface area contributed by atoms with Crippen LogP contribution in [0.4, 0.5) is 0 Å². The largest absolute Gasteiger partial charge is 0.453 e. The number of aromatic nitrogens is 3. The second kappa shape index (κ2) is 7.53. The summed E-state index contributed by atoms with van der Waals surface area (Å²) in [7, 11) is 0. The maximum Gasteiger partial charge on any atom is 0.360 e. The molecule has 1 aromatic heterocycles. The maximum absolute atomic E-state index is 12.4. The topological polar surface area (TPSA) is 57.0 Å². The fourth-order valence-electron chi connectivity index (χ4n) is 2.09. The average molecular weight is 411 g/mol. The molecular formula is C16H18IN3O2. The summed E-state index contributed by atoms with van der Waals surface area (Å²) in [5.41, 5.74) is 1.42.